The number of nitrogens with one attached hydrogen (secondary N) is 1. The molecule has 0 aromatic carbocycles. The summed E-state index contributed by atoms with van der Waals surface area (Å²) < 4.78 is 31.4. The van der Waals surface area contributed by atoms with Crippen LogP contribution in [0.1, 0.15) is 6.42 Å². The summed E-state index contributed by atoms with van der Waals surface area (Å²) >= 11 is 1.18. The maximum atomic E-state index is 12.4. The number of sulfonamides is 1. The van der Waals surface area contributed by atoms with Gasteiger partial charge in [0, 0.05) is 39.7 Å². The summed E-state index contributed by atoms with van der Waals surface area (Å²) in [6.45, 7) is 1.74. The molecule has 10 heteroatoms. The van der Waals surface area contributed by atoms with Gasteiger partial charge in [0.1, 0.15) is 4.21 Å². The van der Waals surface area contributed by atoms with Gasteiger partial charge >= 0.3 is 0 Å². The second kappa shape index (κ2) is 7.40. The molecular formula is C15H21N3O5S2. The van der Waals surface area contributed by atoms with Crippen molar-refractivity contribution in [3.05, 3.63) is 17.5 Å². The topological polar surface area (TPSA) is 96.0 Å². The van der Waals surface area contributed by atoms with E-state index >= 15 is 0 Å². The van der Waals surface area contributed by atoms with Crippen molar-refractivity contribution in [2.45, 2.75) is 16.7 Å². The van der Waals surface area contributed by atoms with E-state index < -0.39 is 10.0 Å². The highest BCUT2D eigenvalue weighted by atomic mass is 32.2. The zero-order chi connectivity index (χ0) is 18.0. The zero-order valence-corrected chi connectivity index (χ0v) is 15.5. The average Bonchev–Trinajstić information content (AvgIpc) is 3.16. The normalized spacial score (nSPS) is 22.2. The molecule has 2 fully saturated rings. The minimum absolute atomic E-state index is 0.0925. The van der Waals surface area contributed by atoms with Gasteiger partial charge in [-0.2, -0.15) is 4.31 Å². The third kappa shape index (κ3) is 3.71. The fraction of sp³-hybridized carbons (Fsp3) is 0.600. The van der Waals surface area contributed by atoms with E-state index in [0.29, 0.717) is 23.9 Å². The summed E-state index contributed by atoms with van der Waals surface area (Å²) in [6.07, 6.45) is 0.174. The maximum absolute atomic E-state index is 12.4. The van der Waals surface area contributed by atoms with Gasteiger partial charge in [-0.25, -0.2) is 8.42 Å². The van der Waals surface area contributed by atoms with Crippen molar-refractivity contribution >= 4 is 33.2 Å². The molecule has 0 aliphatic carbocycles. The lowest BCUT2D eigenvalue weighted by atomic mass is 10.1. The van der Waals surface area contributed by atoms with Gasteiger partial charge in [-0.05, 0) is 11.4 Å². The molecule has 0 radical (unpaired) electrons. The first-order chi connectivity index (χ1) is 11.9. The van der Waals surface area contributed by atoms with Crippen LogP contribution >= 0.6 is 11.3 Å². The summed E-state index contributed by atoms with van der Waals surface area (Å²) in [5.74, 6) is -0.632. The molecule has 25 heavy (non-hydrogen) atoms. The fourth-order valence-corrected chi connectivity index (χ4v) is 5.69. The van der Waals surface area contributed by atoms with E-state index in [2.05, 4.69) is 5.32 Å². The van der Waals surface area contributed by atoms with E-state index in [9.17, 15) is 18.0 Å². The van der Waals surface area contributed by atoms with Gasteiger partial charge in [-0.3, -0.25) is 9.59 Å². The Morgan fingerprint density at radius 1 is 1.40 bits per heavy atom. The second-order valence-electron chi connectivity index (χ2n) is 6.14. The number of carbonyl (C=O) groups excluding carboxylic acids is 2. The Labute approximate surface area is 150 Å². The smallest absolute Gasteiger partial charge is 0.252 e. The van der Waals surface area contributed by atoms with Gasteiger partial charge in [0.2, 0.25) is 11.8 Å². The van der Waals surface area contributed by atoms with E-state index in [1.54, 1.807) is 29.5 Å². The highest BCUT2D eigenvalue weighted by molar-refractivity contribution is 7.91. The Bertz CT molecular complexity index is 728. The molecule has 1 N–H and O–H groups in total. The van der Waals surface area contributed by atoms with Crippen LogP contribution in [0, 0.1) is 5.92 Å². The number of hydrogen-bond donors (Lipinski definition) is 1. The van der Waals surface area contributed by atoms with Gasteiger partial charge in [0.05, 0.1) is 18.6 Å². The van der Waals surface area contributed by atoms with Crippen LogP contribution in [0.25, 0.3) is 0 Å². The third-order valence-electron chi connectivity index (χ3n) is 4.49. The lowest BCUT2D eigenvalue weighted by molar-refractivity contribution is -0.132. The molecule has 1 unspecified atom stereocenters. The molecule has 1 atom stereocenters. The summed E-state index contributed by atoms with van der Waals surface area (Å²) in [6, 6.07) is 3.12. The molecule has 1 aromatic heterocycles. The van der Waals surface area contributed by atoms with Gasteiger partial charge < -0.3 is 15.0 Å². The quantitative estimate of drug-likeness (QED) is 0.650. The second-order valence-corrected chi connectivity index (χ2v) is 9.25. The van der Waals surface area contributed by atoms with Crippen LogP contribution in [0.4, 0.5) is 0 Å². The Hall–Kier alpha value is -1.49. The number of rotatable bonds is 7. The maximum Gasteiger partial charge on any atom is 0.252 e. The average molecular weight is 387 g/mol. The molecular weight excluding hydrogens is 366 g/mol. The largest absolute Gasteiger partial charge is 0.383 e. The van der Waals surface area contributed by atoms with Gasteiger partial charge in [0.25, 0.3) is 10.0 Å². The van der Waals surface area contributed by atoms with Crippen molar-refractivity contribution in [2.24, 2.45) is 5.92 Å². The third-order valence-corrected chi connectivity index (χ3v) is 7.70. The highest BCUT2D eigenvalue weighted by Gasteiger charge is 2.45. The zero-order valence-electron chi connectivity index (χ0n) is 13.9. The Morgan fingerprint density at radius 3 is 2.80 bits per heavy atom. The van der Waals surface area contributed by atoms with Crippen LogP contribution in [0.15, 0.2) is 21.7 Å². The Morgan fingerprint density at radius 2 is 2.16 bits per heavy atom. The Kier molecular flexibility index (Phi) is 5.42. The number of nitrogens with zero attached hydrogens (tertiary/aromatic N) is 2. The first-order valence-corrected chi connectivity index (χ1v) is 10.3. The van der Waals surface area contributed by atoms with Gasteiger partial charge in [0.15, 0.2) is 0 Å². The number of carbonyl (C=O) groups is 2. The van der Waals surface area contributed by atoms with Crippen molar-refractivity contribution in [1.29, 1.82) is 0 Å². The predicted octanol–water partition coefficient (Wildman–Crippen LogP) is -0.268. The van der Waals surface area contributed by atoms with Crippen molar-refractivity contribution in [3.63, 3.8) is 0 Å². The molecule has 0 bridgehead atoms. The number of hydrogen-bond acceptors (Lipinski definition) is 6. The van der Waals surface area contributed by atoms with E-state index in [0.717, 1.165) is 0 Å². The van der Waals surface area contributed by atoms with Crippen molar-refractivity contribution in [2.75, 3.05) is 39.9 Å². The summed E-state index contributed by atoms with van der Waals surface area (Å²) in [5.41, 5.74) is 0. The summed E-state index contributed by atoms with van der Waals surface area (Å²) in [7, 11) is -1.91. The molecule has 3 heterocycles. The molecule has 2 aliphatic heterocycles. The fourth-order valence-electron chi connectivity index (χ4n) is 3.03. The van der Waals surface area contributed by atoms with E-state index in [1.165, 1.54) is 15.6 Å². The number of methoxy groups -OCH3 is 1. The van der Waals surface area contributed by atoms with Crippen LogP contribution in [-0.4, -0.2) is 75.4 Å². The molecule has 2 aliphatic rings. The van der Waals surface area contributed by atoms with Crippen LogP contribution in [-0.2, 0) is 24.3 Å². The molecule has 138 valence electrons. The molecule has 2 saturated heterocycles. The summed E-state index contributed by atoms with van der Waals surface area (Å²) in [5, 5.41) is 4.47. The minimum Gasteiger partial charge on any atom is -0.383 e. The van der Waals surface area contributed by atoms with E-state index in [4.69, 9.17) is 4.74 Å². The molecule has 8 nitrogen and oxygen atoms in total. The van der Waals surface area contributed by atoms with Crippen LogP contribution in [0.5, 0.6) is 0 Å². The van der Waals surface area contributed by atoms with Crippen LogP contribution in [0.3, 0.4) is 0 Å². The van der Waals surface area contributed by atoms with Crippen LogP contribution < -0.4 is 5.32 Å². The predicted molar refractivity (Wildman–Crippen MR) is 91.6 cm³/mol. The molecule has 2 amide bonds. The van der Waals surface area contributed by atoms with Gasteiger partial charge in [-0.15, -0.1) is 11.3 Å². The molecule has 3 rings (SSSR count). The van der Waals surface area contributed by atoms with Crippen LogP contribution in [0.2, 0.25) is 0 Å². The highest BCUT2D eigenvalue weighted by Crippen LogP contribution is 2.30. The van der Waals surface area contributed by atoms with Crippen molar-refractivity contribution in [3.8, 4) is 0 Å². The molecule has 1 aromatic rings. The number of ether oxygens (including phenoxy) is 1. The van der Waals surface area contributed by atoms with E-state index in [-0.39, 0.29) is 43.3 Å². The number of likely N-dealkylation sites (tertiary alicyclic amines) is 1. The first-order valence-electron chi connectivity index (χ1n) is 8.03. The first kappa shape index (κ1) is 18.3. The Balaban J connectivity index is 1.53. The lowest BCUT2D eigenvalue weighted by Crippen LogP contribution is -2.61. The minimum atomic E-state index is -3.46. The molecule has 0 spiro atoms. The SMILES string of the molecule is COCCNC(=O)C1CC(=O)N(C2CN(S(=O)(=O)c3cccs3)C2)C1. The lowest BCUT2D eigenvalue weighted by Gasteiger charge is -2.42. The van der Waals surface area contributed by atoms with Crippen molar-refractivity contribution < 1.29 is 22.7 Å². The van der Waals surface area contributed by atoms with E-state index in [1.807, 2.05) is 0 Å². The molecule has 0 saturated carbocycles. The monoisotopic (exact) mass is 387 g/mol. The number of amides is 2. The number of thiophene rings is 1. The van der Waals surface area contributed by atoms with Crippen molar-refractivity contribution in [1.82, 2.24) is 14.5 Å². The summed E-state index contributed by atoms with van der Waals surface area (Å²) in [4.78, 5) is 25.9. The standard InChI is InChI=1S/C15H21N3O5S2/c1-23-5-4-16-15(20)11-7-13(19)18(8-11)12-9-17(10-12)25(21,22)14-3-2-6-24-14/h2-3,6,11-12H,4-5,7-10H2,1H3,(H,16,20). The van der Waals surface area contributed by atoms with Gasteiger partial charge in [-0.1, -0.05) is 6.07 Å².